The van der Waals surface area contributed by atoms with E-state index in [1.54, 1.807) is 4.68 Å². The predicted molar refractivity (Wildman–Crippen MR) is 109 cm³/mol. The molecule has 8 nitrogen and oxygen atoms in total. The van der Waals surface area contributed by atoms with Gasteiger partial charge in [-0.15, -0.1) is 0 Å². The zero-order chi connectivity index (χ0) is 19.7. The number of carbonyl (C=O) groups is 1. The first-order valence-corrected chi connectivity index (χ1v) is 9.54. The monoisotopic (exact) mass is 379 g/mol. The van der Waals surface area contributed by atoms with Gasteiger partial charge in [-0.25, -0.2) is 9.97 Å². The van der Waals surface area contributed by atoms with E-state index < -0.39 is 0 Å². The number of nitrogens with zero attached hydrogens (tertiary/aromatic N) is 6. The second-order valence-electron chi connectivity index (χ2n) is 7.15. The lowest BCUT2D eigenvalue weighted by molar-refractivity contribution is -0.120. The van der Waals surface area contributed by atoms with Crippen LogP contribution in [-0.4, -0.2) is 62.8 Å². The second kappa shape index (κ2) is 7.55. The van der Waals surface area contributed by atoms with Crippen LogP contribution in [0.5, 0.6) is 0 Å². The molecule has 1 N–H and O–H groups in total. The summed E-state index contributed by atoms with van der Waals surface area (Å²) in [6.45, 7) is 7.08. The van der Waals surface area contributed by atoms with Gasteiger partial charge in [0, 0.05) is 38.9 Å². The molecule has 1 unspecified atom stereocenters. The lowest BCUT2D eigenvalue weighted by atomic mass is 10.2. The number of hydrogen-bond donors (Lipinski definition) is 1. The molecule has 0 spiro atoms. The van der Waals surface area contributed by atoms with Gasteiger partial charge in [-0.05, 0) is 26.0 Å². The van der Waals surface area contributed by atoms with E-state index >= 15 is 0 Å². The van der Waals surface area contributed by atoms with Crippen molar-refractivity contribution in [1.82, 2.24) is 24.6 Å². The first-order valence-electron chi connectivity index (χ1n) is 9.54. The number of amides is 1. The van der Waals surface area contributed by atoms with Gasteiger partial charge in [0.25, 0.3) is 0 Å². The van der Waals surface area contributed by atoms with Crippen molar-refractivity contribution in [2.24, 2.45) is 7.05 Å². The fraction of sp³-hybridized carbons (Fsp3) is 0.400. The summed E-state index contributed by atoms with van der Waals surface area (Å²) in [5.74, 6) is 1.69. The SMILES string of the molecule is Cc1nc(N2CCN(C(C)C(=O)Nc3ccccc3)CC2)c2cnn(C)c2n1. The Morgan fingerprint density at radius 2 is 1.82 bits per heavy atom. The summed E-state index contributed by atoms with van der Waals surface area (Å²) in [4.78, 5) is 26.2. The molecule has 1 saturated heterocycles. The minimum absolute atomic E-state index is 0.0205. The number of benzene rings is 1. The first-order chi connectivity index (χ1) is 13.5. The van der Waals surface area contributed by atoms with Gasteiger partial charge in [0.15, 0.2) is 5.65 Å². The third kappa shape index (κ3) is 3.55. The molecule has 1 aliphatic rings. The largest absolute Gasteiger partial charge is 0.353 e. The molecule has 3 aromatic rings. The van der Waals surface area contributed by atoms with Crippen molar-refractivity contribution >= 4 is 28.4 Å². The average Bonchev–Trinajstić information content (AvgIpc) is 3.08. The molecule has 1 atom stereocenters. The fourth-order valence-electron chi connectivity index (χ4n) is 3.61. The van der Waals surface area contributed by atoms with Gasteiger partial charge in [0.1, 0.15) is 11.6 Å². The minimum Gasteiger partial charge on any atom is -0.353 e. The number of aromatic nitrogens is 4. The van der Waals surface area contributed by atoms with Gasteiger partial charge < -0.3 is 10.2 Å². The Labute approximate surface area is 164 Å². The molecule has 1 aromatic carbocycles. The van der Waals surface area contributed by atoms with Gasteiger partial charge in [0.2, 0.25) is 5.91 Å². The van der Waals surface area contributed by atoms with Crippen LogP contribution in [0.2, 0.25) is 0 Å². The fourth-order valence-corrected chi connectivity index (χ4v) is 3.61. The van der Waals surface area contributed by atoms with Crippen LogP contribution in [0, 0.1) is 6.92 Å². The number of nitrogens with one attached hydrogen (secondary N) is 1. The molecule has 2 aromatic heterocycles. The molecule has 0 radical (unpaired) electrons. The topological polar surface area (TPSA) is 79.2 Å². The van der Waals surface area contributed by atoms with E-state index in [4.69, 9.17) is 0 Å². The number of piperazine rings is 1. The smallest absolute Gasteiger partial charge is 0.241 e. The Hall–Kier alpha value is -3.00. The van der Waals surface area contributed by atoms with Crippen molar-refractivity contribution in [2.45, 2.75) is 19.9 Å². The molecule has 0 aliphatic carbocycles. The normalized spacial score (nSPS) is 16.3. The highest BCUT2D eigenvalue weighted by Gasteiger charge is 2.27. The maximum atomic E-state index is 12.6. The highest BCUT2D eigenvalue weighted by molar-refractivity contribution is 5.94. The van der Waals surface area contributed by atoms with Crippen LogP contribution in [0.15, 0.2) is 36.5 Å². The first kappa shape index (κ1) is 18.4. The molecule has 1 amide bonds. The highest BCUT2D eigenvalue weighted by Crippen LogP contribution is 2.24. The molecule has 1 fully saturated rings. The number of hydrogen-bond acceptors (Lipinski definition) is 6. The van der Waals surface area contributed by atoms with Crippen molar-refractivity contribution in [1.29, 1.82) is 0 Å². The average molecular weight is 379 g/mol. The predicted octanol–water partition coefficient (Wildman–Crippen LogP) is 1.82. The standard InChI is InChI=1S/C20H25N7O/c1-14(20(28)24-16-7-5-4-6-8-16)26-9-11-27(12-10-26)19-17-13-21-25(3)18(17)22-15(2)23-19/h4-8,13-14H,9-12H2,1-3H3,(H,24,28). The summed E-state index contributed by atoms with van der Waals surface area (Å²) in [5, 5.41) is 8.28. The Balaban J connectivity index is 1.43. The van der Waals surface area contributed by atoms with Crippen LogP contribution < -0.4 is 10.2 Å². The lowest BCUT2D eigenvalue weighted by Gasteiger charge is -2.38. The van der Waals surface area contributed by atoms with Crippen LogP contribution in [-0.2, 0) is 11.8 Å². The molecular formula is C20H25N7O. The number of carbonyl (C=O) groups excluding carboxylic acids is 1. The molecular weight excluding hydrogens is 354 g/mol. The van der Waals surface area contributed by atoms with Crippen molar-refractivity contribution in [3.8, 4) is 0 Å². The number of rotatable bonds is 4. The zero-order valence-corrected chi connectivity index (χ0v) is 16.5. The molecule has 28 heavy (non-hydrogen) atoms. The Morgan fingerprint density at radius 1 is 1.11 bits per heavy atom. The van der Waals surface area contributed by atoms with E-state index in [2.05, 4.69) is 30.2 Å². The number of para-hydroxylation sites is 1. The number of aryl methyl sites for hydroxylation is 2. The molecule has 4 rings (SSSR count). The van der Waals surface area contributed by atoms with Gasteiger partial charge in [-0.2, -0.15) is 5.10 Å². The van der Waals surface area contributed by atoms with Crippen molar-refractivity contribution < 1.29 is 4.79 Å². The van der Waals surface area contributed by atoms with Gasteiger partial charge in [0.05, 0.1) is 17.6 Å². The summed E-state index contributed by atoms with van der Waals surface area (Å²) < 4.78 is 1.78. The molecule has 0 saturated carbocycles. The van der Waals surface area contributed by atoms with Gasteiger partial charge in [-0.3, -0.25) is 14.4 Å². The van der Waals surface area contributed by atoms with Crippen LogP contribution in [0.1, 0.15) is 12.7 Å². The molecule has 0 bridgehead atoms. The maximum Gasteiger partial charge on any atom is 0.241 e. The van der Waals surface area contributed by atoms with Crippen LogP contribution in [0.4, 0.5) is 11.5 Å². The summed E-state index contributed by atoms with van der Waals surface area (Å²) in [6.07, 6.45) is 1.83. The Morgan fingerprint density at radius 3 is 2.54 bits per heavy atom. The third-order valence-corrected chi connectivity index (χ3v) is 5.27. The summed E-state index contributed by atoms with van der Waals surface area (Å²) in [5.41, 5.74) is 1.67. The van der Waals surface area contributed by atoms with Gasteiger partial charge >= 0.3 is 0 Å². The summed E-state index contributed by atoms with van der Waals surface area (Å²) in [7, 11) is 1.89. The van der Waals surface area contributed by atoms with Crippen molar-refractivity contribution in [2.75, 3.05) is 36.4 Å². The lowest BCUT2D eigenvalue weighted by Crippen LogP contribution is -2.53. The quantitative estimate of drug-likeness (QED) is 0.745. The summed E-state index contributed by atoms with van der Waals surface area (Å²) in [6, 6.07) is 9.39. The molecule has 146 valence electrons. The number of fused-ring (bicyclic) bond motifs is 1. The third-order valence-electron chi connectivity index (χ3n) is 5.27. The van der Waals surface area contributed by atoms with Gasteiger partial charge in [-0.1, -0.05) is 18.2 Å². The van der Waals surface area contributed by atoms with E-state index in [0.29, 0.717) is 0 Å². The van der Waals surface area contributed by atoms with E-state index in [0.717, 1.165) is 54.5 Å². The van der Waals surface area contributed by atoms with E-state index in [1.165, 1.54) is 0 Å². The van der Waals surface area contributed by atoms with E-state index in [-0.39, 0.29) is 11.9 Å². The van der Waals surface area contributed by atoms with Crippen LogP contribution >= 0.6 is 0 Å². The zero-order valence-electron chi connectivity index (χ0n) is 16.5. The number of anilines is 2. The van der Waals surface area contributed by atoms with Crippen LogP contribution in [0.3, 0.4) is 0 Å². The van der Waals surface area contributed by atoms with Crippen LogP contribution in [0.25, 0.3) is 11.0 Å². The second-order valence-corrected chi connectivity index (χ2v) is 7.15. The molecule has 8 heteroatoms. The minimum atomic E-state index is -0.187. The highest BCUT2D eigenvalue weighted by atomic mass is 16.2. The van der Waals surface area contributed by atoms with E-state index in [9.17, 15) is 4.79 Å². The Kier molecular flexibility index (Phi) is 4.95. The Bertz CT molecular complexity index is 977. The van der Waals surface area contributed by atoms with E-state index in [1.807, 2.05) is 57.4 Å². The molecule has 1 aliphatic heterocycles. The van der Waals surface area contributed by atoms with Crippen molar-refractivity contribution in [3.63, 3.8) is 0 Å². The molecule has 3 heterocycles. The van der Waals surface area contributed by atoms with Crippen molar-refractivity contribution in [3.05, 3.63) is 42.4 Å². The summed E-state index contributed by atoms with van der Waals surface area (Å²) >= 11 is 0. The maximum absolute atomic E-state index is 12.6.